The van der Waals surface area contributed by atoms with Crippen molar-refractivity contribution in [2.75, 3.05) is 13.2 Å². The Labute approximate surface area is 187 Å². The average molecular weight is 463 g/mol. The van der Waals surface area contributed by atoms with E-state index in [-0.39, 0.29) is 25.3 Å². The number of fused-ring (bicyclic) bond motifs is 1. The summed E-state index contributed by atoms with van der Waals surface area (Å²) in [6, 6.07) is 2.14. The smallest absolute Gasteiger partial charge is 0.385 e. The van der Waals surface area contributed by atoms with Gasteiger partial charge in [0.15, 0.2) is 5.65 Å². The first-order valence-electron chi connectivity index (χ1n) is 10.7. The summed E-state index contributed by atoms with van der Waals surface area (Å²) in [5.74, 6) is 0.490. The van der Waals surface area contributed by atoms with Crippen molar-refractivity contribution in [3.63, 3.8) is 0 Å². The first-order valence-corrected chi connectivity index (χ1v) is 10.7. The molecule has 4 heterocycles. The fourth-order valence-electron chi connectivity index (χ4n) is 4.45. The third kappa shape index (κ3) is 3.88. The molecule has 0 radical (unpaired) electrons. The number of aromatic nitrogens is 4. The van der Waals surface area contributed by atoms with Crippen LogP contribution in [0.1, 0.15) is 60.7 Å². The largest absolute Gasteiger partial charge is 0.417 e. The lowest BCUT2D eigenvalue weighted by Gasteiger charge is -2.49. The van der Waals surface area contributed by atoms with Crippen molar-refractivity contribution in [2.45, 2.75) is 55.6 Å². The van der Waals surface area contributed by atoms with E-state index in [0.29, 0.717) is 17.1 Å². The summed E-state index contributed by atoms with van der Waals surface area (Å²) >= 11 is 0. The molecule has 0 bridgehead atoms. The lowest BCUT2D eigenvalue weighted by Crippen LogP contribution is -2.64. The summed E-state index contributed by atoms with van der Waals surface area (Å²) < 4.78 is 46.2. The Bertz CT molecular complexity index is 1160. The van der Waals surface area contributed by atoms with Crippen LogP contribution in [0.5, 0.6) is 0 Å². The van der Waals surface area contributed by atoms with Crippen molar-refractivity contribution in [3.8, 4) is 0 Å². The van der Waals surface area contributed by atoms with Crippen molar-refractivity contribution in [1.82, 2.24) is 24.9 Å². The number of ether oxygens (including phenoxy) is 1. The summed E-state index contributed by atoms with van der Waals surface area (Å²) in [6.07, 6.45) is 2.41. The first-order chi connectivity index (χ1) is 15.6. The summed E-state index contributed by atoms with van der Waals surface area (Å²) in [6.45, 7) is 1.63. The summed E-state index contributed by atoms with van der Waals surface area (Å²) in [7, 11) is 0. The van der Waals surface area contributed by atoms with Gasteiger partial charge in [-0.15, -0.1) is 0 Å². The molecule has 1 saturated heterocycles. The highest BCUT2D eigenvalue weighted by Gasteiger charge is 2.53. The quantitative estimate of drug-likeness (QED) is 0.500. The Morgan fingerprint density at radius 1 is 1.21 bits per heavy atom. The minimum Gasteiger partial charge on any atom is -0.385 e. The van der Waals surface area contributed by atoms with E-state index in [0.717, 1.165) is 30.7 Å². The van der Waals surface area contributed by atoms with Crippen molar-refractivity contribution in [2.24, 2.45) is 0 Å². The molecule has 2 aliphatic rings. The molecule has 3 aromatic heterocycles. The molecule has 11 heteroatoms. The van der Waals surface area contributed by atoms with Crippen LogP contribution in [0.25, 0.3) is 5.65 Å². The van der Waals surface area contributed by atoms with Crippen LogP contribution in [0.3, 0.4) is 0 Å². The second-order valence-corrected chi connectivity index (χ2v) is 8.99. The van der Waals surface area contributed by atoms with Gasteiger partial charge in [-0.3, -0.25) is 10.3 Å². The van der Waals surface area contributed by atoms with Gasteiger partial charge < -0.3 is 14.9 Å². The molecule has 1 aliphatic carbocycles. The van der Waals surface area contributed by atoms with E-state index in [4.69, 9.17) is 4.74 Å². The zero-order valence-corrected chi connectivity index (χ0v) is 17.9. The Balaban J connectivity index is 1.51. The molecule has 3 atom stereocenters. The van der Waals surface area contributed by atoms with Crippen LogP contribution in [-0.4, -0.2) is 48.6 Å². The highest BCUT2D eigenvalue weighted by Crippen LogP contribution is 2.42. The molecule has 0 spiro atoms. The minimum atomic E-state index is -4.54. The summed E-state index contributed by atoms with van der Waals surface area (Å²) in [5, 5.41) is 29.7. The van der Waals surface area contributed by atoms with Gasteiger partial charge in [0.1, 0.15) is 11.8 Å². The molecule has 3 N–H and O–H groups in total. The third-order valence-electron chi connectivity index (χ3n) is 6.58. The monoisotopic (exact) mass is 463 g/mol. The van der Waals surface area contributed by atoms with Crippen molar-refractivity contribution < 1.29 is 28.1 Å². The van der Waals surface area contributed by atoms with E-state index in [1.807, 2.05) is 6.20 Å². The van der Waals surface area contributed by atoms with Crippen LogP contribution in [-0.2, 0) is 16.5 Å². The predicted molar refractivity (Wildman–Crippen MR) is 110 cm³/mol. The first kappa shape index (κ1) is 22.2. The van der Waals surface area contributed by atoms with Crippen LogP contribution >= 0.6 is 0 Å². The number of hydrogen-bond donors (Lipinski definition) is 3. The van der Waals surface area contributed by atoms with Gasteiger partial charge in [0, 0.05) is 25.2 Å². The van der Waals surface area contributed by atoms with Gasteiger partial charge in [0.2, 0.25) is 0 Å². The van der Waals surface area contributed by atoms with Gasteiger partial charge in [-0.25, -0.2) is 9.50 Å². The van der Waals surface area contributed by atoms with Crippen LogP contribution < -0.4 is 5.32 Å². The van der Waals surface area contributed by atoms with Gasteiger partial charge in [-0.2, -0.15) is 18.3 Å². The minimum absolute atomic E-state index is 0.0901. The molecule has 0 aromatic carbocycles. The Hall–Kier alpha value is -2.60. The second-order valence-electron chi connectivity index (χ2n) is 8.99. The number of nitrogens with one attached hydrogen (secondary N) is 1. The number of pyridine rings is 1. The number of halogens is 3. The highest BCUT2D eigenvalue weighted by molar-refractivity contribution is 5.48. The van der Waals surface area contributed by atoms with Gasteiger partial charge in [0.05, 0.1) is 35.2 Å². The van der Waals surface area contributed by atoms with E-state index >= 15 is 0 Å². The van der Waals surface area contributed by atoms with Crippen LogP contribution in [0, 0.1) is 0 Å². The molecule has 176 valence electrons. The normalized spacial score (nSPS) is 27.1. The van der Waals surface area contributed by atoms with Gasteiger partial charge in [-0.05, 0) is 49.8 Å². The van der Waals surface area contributed by atoms with Crippen molar-refractivity contribution >= 4 is 5.65 Å². The van der Waals surface area contributed by atoms with Gasteiger partial charge >= 0.3 is 6.18 Å². The molecule has 3 unspecified atom stereocenters. The SMILES string of the molecule is CC1(O)COCCC1(NC(O)c1cnn2cc(C3CC3)cnc12)c1ccc(C(F)(F)F)cn1. The number of alkyl halides is 3. The molecule has 1 aliphatic heterocycles. The Kier molecular flexibility index (Phi) is 5.20. The highest BCUT2D eigenvalue weighted by atomic mass is 19.4. The number of rotatable bonds is 5. The Morgan fingerprint density at radius 2 is 2.00 bits per heavy atom. The number of hydrogen-bond acceptors (Lipinski definition) is 7. The standard InChI is InChI=1S/C22H24F3N5O3/c1-20(32)12-33-7-6-21(20,17-5-4-15(9-26-17)22(23,24)25)29-19(31)16-10-28-30-11-14(13-2-3-13)8-27-18(16)30/h4-5,8-11,13,19,29,31-32H,2-3,6-7,12H2,1H3. The predicted octanol–water partition coefficient (Wildman–Crippen LogP) is 2.67. The van der Waals surface area contributed by atoms with Crippen LogP contribution in [0.4, 0.5) is 13.2 Å². The van der Waals surface area contributed by atoms with E-state index < -0.39 is 29.1 Å². The maximum atomic E-state index is 13.1. The van der Waals surface area contributed by atoms with E-state index in [2.05, 4.69) is 20.4 Å². The lowest BCUT2D eigenvalue weighted by molar-refractivity contribution is -0.156. The van der Waals surface area contributed by atoms with E-state index in [1.54, 1.807) is 10.7 Å². The van der Waals surface area contributed by atoms with Crippen molar-refractivity contribution in [3.05, 3.63) is 59.3 Å². The molecular formula is C22H24F3N5O3. The molecule has 0 amide bonds. The van der Waals surface area contributed by atoms with Gasteiger partial charge in [-0.1, -0.05) is 0 Å². The molecular weight excluding hydrogens is 439 g/mol. The van der Waals surface area contributed by atoms with Crippen molar-refractivity contribution in [1.29, 1.82) is 0 Å². The fraction of sp³-hybridized carbons (Fsp3) is 0.500. The summed E-state index contributed by atoms with van der Waals surface area (Å²) in [5.41, 5.74) is -1.77. The molecule has 1 saturated carbocycles. The maximum Gasteiger partial charge on any atom is 0.417 e. The lowest BCUT2D eigenvalue weighted by atomic mass is 9.74. The molecule has 8 nitrogen and oxygen atoms in total. The average Bonchev–Trinajstić information content (AvgIpc) is 3.53. The second kappa shape index (κ2) is 7.73. The van der Waals surface area contributed by atoms with Gasteiger partial charge in [0.25, 0.3) is 0 Å². The zero-order chi connectivity index (χ0) is 23.4. The Morgan fingerprint density at radius 3 is 2.64 bits per heavy atom. The van der Waals surface area contributed by atoms with Crippen LogP contribution in [0.15, 0.2) is 36.9 Å². The third-order valence-corrected chi connectivity index (χ3v) is 6.58. The maximum absolute atomic E-state index is 13.1. The van der Waals surface area contributed by atoms with E-state index in [9.17, 15) is 23.4 Å². The molecule has 2 fully saturated rings. The van der Waals surface area contributed by atoms with E-state index in [1.165, 1.54) is 19.2 Å². The zero-order valence-electron chi connectivity index (χ0n) is 17.9. The fourth-order valence-corrected chi connectivity index (χ4v) is 4.45. The van der Waals surface area contributed by atoms with Crippen LogP contribution in [0.2, 0.25) is 0 Å². The summed E-state index contributed by atoms with van der Waals surface area (Å²) in [4.78, 5) is 8.49. The topological polar surface area (TPSA) is 105 Å². The molecule has 5 rings (SSSR count). The number of aliphatic hydroxyl groups excluding tert-OH is 1. The molecule has 3 aromatic rings. The number of aliphatic hydroxyl groups is 2. The molecule has 33 heavy (non-hydrogen) atoms. The number of nitrogens with zero attached hydrogens (tertiary/aromatic N) is 4.